The molecule has 2 rings (SSSR count). The van der Waals surface area contributed by atoms with Crippen LogP contribution in [0.4, 0.5) is 0 Å². The van der Waals surface area contributed by atoms with Crippen molar-refractivity contribution in [1.29, 1.82) is 0 Å². The molecule has 18 heavy (non-hydrogen) atoms. The van der Waals surface area contributed by atoms with Gasteiger partial charge in [0.1, 0.15) is 0 Å². The van der Waals surface area contributed by atoms with Gasteiger partial charge in [-0.25, -0.2) is 0 Å². The zero-order chi connectivity index (χ0) is 13.1. The van der Waals surface area contributed by atoms with E-state index in [0.29, 0.717) is 11.8 Å². The molecule has 0 aromatic heterocycles. The maximum Gasteiger partial charge on any atom is 0.0341 e. The maximum atomic E-state index is 6.34. The molecule has 0 heterocycles. The van der Waals surface area contributed by atoms with Gasteiger partial charge in [-0.1, -0.05) is 56.3 Å². The summed E-state index contributed by atoms with van der Waals surface area (Å²) >= 11 is 6.34. The molecule has 0 N–H and O–H groups in total. The van der Waals surface area contributed by atoms with E-state index in [1.54, 1.807) is 0 Å². The molecule has 96 valence electrons. The van der Waals surface area contributed by atoms with Crippen LogP contribution in [0.2, 0.25) is 0 Å². The molecular weight excluding hydrogens is 240 g/mol. The summed E-state index contributed by atoms with van der Waals surface area (Å²) in [5, 5.41) is 2.90. The maximum absolute atomic E-state index is 6.34. The van der Waals surface area contributed by atoms with Gasteiger partial charge in [0.2, 0.25) is 0 Å². The van der Waals surface area contributed by atoms with Crippen LogP contribution >= 0.6 is 11.6 Å². The minimum absolute atomic E-state index is 0.212. The molecule has 0 radical (unpaired) electrons. The molecule has 2 aromatic rings. The summed E-state index contributed by atoms with van der Waals surface area (Å²) in [4.78, 5) is 0. The van der Waals surface area contributed by atoms with Crippen LogP contribution in [0, 0.1) is 11.8 Å². The van der Waals surface area contributed by atoms with Crippen molar-refractivity contribution in [3.63, 3.8) is 0 Å². The van der Waals surface area contributed by atoms with Gasteiger partial charge in [0.25, 0.3) is 0 Å². The summed E-state index contributed by atoms with van der Waals surface area (Å²) in [6.07, 6.45) is 1.06. The first-order valence-electron chi connectivity index (χ1n) is 6.70. The van der Waals surface area contributed by atoms with Crippen molar-refractivity contribution in [2.45, 2.75) is 32.6 Å². The smallest absolute Gasteiger partial charge is 0.0341 e. The van der Waals surface area contributed by atoms with Crippen molar-refractivity contribution < 1.29 is 0 Å². The largest absolute Gasteiger partial charge is 0.123 e. The van der Waals surface area contributed by atoms with E-state index in [0.717, 1.165) is 6.42 Å². The second-order valence-electron chi connectivity index (χ2n) is 5.43. The Bertz CT molecular complexity index is 501. The van der Waals surface area contributed by atoms with E-state index in [2.05, 4.69) is 63.2 Å². The monoisotopic (exact) mass is 260 g/mol. The Hall–Kier alpha value is -1.01. The lowest BCUT2D eigenvalue weighted by Crippen LogP contribution is -2.20. The van der Waals surface area contributed by atoms with Crippen LogP contribution in [0.1, 0.15) is 26.3 Å². The van der Waals surface area contributed by atoms with E-state index < -0.39 is 0 Å². The summed E-state index contributed by atoms with van der Waals surface area (Å²) in [5.74, 6) is 1.13. The number of benzene rings is 2. The third-order valence-electron chi connectivity index (χ3n) is 3.78. The third-order valence-corrected chi connectivity index (χ3v) is 4.11. The summed E-state index contributed by atoms with van der Waals surface area (Å²) < 4.78 is 0. The Balaban J connectivity index is 2.36. The number of halogens is 1. The van der Waals surface area contributed by atoms with Crippen LogP contribution in [-0.4, -0.2) is 5.38 Å². The highest BCUT2D eigenvalue weighted by molar-refractivity contribution is 6.20. The minimum Gasteiger partial charge on any atom is -0.123 e. The van der Waals surface area contributed by atoms with E-state index in [1.165, 1.54) is 16.3 Å². The first kappa shape index (κ1) is 13.4. The molecular formula is C17H21Cl. The van der Waals surface area contributed by atoms with Gasteiger partial charge in [0.15, 0.2) is 0 Å². The van der Waals surface area contributed by atoms with Crippen LogP contribution in [0.3, 0.4) is 0 Å². The molecule has 2 aromatic carbocycles. The topological polar surface area (TPSA) is 0 Å². The zero-order valence-corrected chi connectivity index (χ0v) is 12.1. The van der Waals surface area contributed by atoms with Gasteiger partial charge >= 0.3 is 0 Å². The van der Waals surface area contributed by atoms with Crippen molar-refractivity contribution in [3.8, 4) is 0 Å². The molecule has 2 unspecified atom stereocenters. The first-order valence-corrected chi connectivity index (χ1v) is 7.14. The molecule has 0 spiro atoms. The van der Waals surface area contributed by atoms with Gasteiger partial charge in [-0.05, 0) is 41.5 Å². The molecule has 0 amide bonds. The van der Waals surface area contributed by atoms with E-state index in [9.17, 15) is 0 Å². The molecule has 0 aliphatic heterocycles. The number of rotatable bonds is 4. The second-order valence-corrected chi connectivity index (χ2v) is 6.12. The van der Waals surface area contributed by atoms with Crippen molar-refractivity contribution in [2.75, 3.05) is 0 Å². The lowest BCUT2D eigenvalue weighted by Gasteiger charge is -2.24. The fourth-order valence-corrected chi connectivity index (χ4v) is 3.03. The molecule has 0 aliphatic carbocycles. The number of alkyl halides is 1. The van der Waals surface area contributed by atoms with Crippen LogP contribution in [0.25, 0.3) is 10.8 Å². The van der Waals surface area contributed by atoms with Gasteiger partial charge in [-0.15, -0.1) is 11.6 Å². The standard InChI is InChI=1S/C17H21Cl/c1-12(2)17(13(3)18)11-15-9-6-8-14-7-4-5-10-16(14)15/h4-10,12-13,17H,11H2,1-3H3. The summed E-state index contributed by atoms with van der Waals surface area (Å²) in [6.45, 7) is 6.63. The zero-order valence-electron chi connectivity index (χ0n) is 11.4. The van der Waals surface area contributed by atoms with Crippen molar-refractivity contribution in [2.24, 2.45) is 11.8 Å². The summed E-state index contributed by atoms with van der Waals surface area (Å²) in [5.41, 5.74) is 1.42. The van der Waals surface area contributed by atoms with Gasteiger partial charge in [0.05, 0.1) is 0 Å². The van der Waals surface area contributed by atoms with Gasteiger partial charge in [-0.2, -0.15) is 0 Å². The van der Waals surface area contributed by atoms with Gasteiger partial charge in [0, 0.05) is 5.38 Å². The Morgan fingerprint density at radius 1 is 0.944 bits per heavy atom. The highest BCUT2D eigenvalue weighted by atomic mass is 35.5. The summed E-state index contributed by atoms with van der Waals surface area (Å²) in [6, 6.07) is 15.1. The normalized spacial score (nSPS) is 14.9. The molecule has 2 atom stereocenters. The SMILES string of the molecule is CC(C)C(Cc1cccc2ccccc12)C(C)Cl. The Labute approximate surface area is 115 Å². The first-order chi connectivity index (χ1) is 8.59. The van der Waals surface area contributed by atoms with Crippen molar-refractivity contribution in [1.82, 2.24) is 0 Å². The van der Waals surface area contributed by atoms with Crippen molar-refractivity contribution in [3.05, 3.63) is 48.0 Å². The van der Waals surface area contributed by atoms with Crippen LogP contribution in [0.15, 0.2) is 42.5 Å². The minimum atomic E-state index is 0.212. The average molecular weight is 261 g/mol. The molecule has 0 fully saturated rings. The van der Waals surface area contributed by atoms with E-state index in [-0.39, 0.29) is 5.38 Å². The van der Waals surface area contributed by atoms with Crippen molar-refractivity contribution >= 4 is 22.4 Å². The van der Waals surface area contributed by atoms with Crippen LogP contribution in [0.5, 0.6) is 0 Å². The Morgan fingerprint density at radius 3 is 2.28 bits per heavy atom. The average Bonchev–Trinajstić information content (AvgIpc) is 2.35. The van der Waals surface area contributed by atoms with E-state index in [4.69, 9.17) is 11.6 Å². The third kappa shape index (κ3) is 2.87. The van der Waals surface area contributed by atoms with Crippen LogP contribution < -0.4 is 0 Å². The highest BCUT2D eigenvalue weighted by Crippen LogP contribution is 2.28. The van der Waals surface area contributed by atoms with Gasteiger partial charge in [-0.3, -0.25) is 0 Å². The fraction of sp³-hybridized carbons (Fsp3) is 0.412. The molecule has 0 bridgehead atoms. The molecule has 0 saturated carbocycles. The van der Waals surface area contributed by atoms with E-state index >= 15 is 0 Å². The Kier molecular flexibility index (Phi) is 4.29. The quantitative estimate of drug-likeness (QED) is 0.656. The number of hydrogen-bond acceptors (Lipinski definition) is 0. The fourth-order valence-electron chi connectivity index (χ4n) is 2.65. The lowest BCUT2D eigenvalue weighted by atomic mass is 9.85. The Morgan fingerprint density at radius 2 is 1.61 bits per heavy atom. The van der Waals surface area contributed by atoms with Crippen LogP contribution in [-0.2, 0) is 6.42 Å². The molecule has 0 aliphatic rings. The van der Waals surface area contributed by atoms with E-state index in [1.807, 2.05) is 0 Å². The number of hydrogen-bond donors (Lipinski definition) is 0. The molecule has 1 heteroatoms. The predicted octanol–water partition coefficient (Wildman–Crippen LogP) is 5.28. The summed E-state index contributed by atoms with van der Waals surface area (Å²) in [7, 11) is 0. The highest BCUT2D eigenvalue weighted by Gasteiger charge is 2.20. The second kappa shape index (κ2) is 5.75. The predicted molar refractivity (Wildman–Crippen MR) is 81.3 cm³/mol. The molecule has 0 nitrogen and oxygen atoms in total. The lowest BCUT2D eigenvalue weighted by molar-refractivity contribution is 0.377. The van der Waals surface area contributed by atoms with Gasteiger partial charge < -0.3 is 0 Å². The molecule has 0 saturated heterocycles. The number of fused-ring (bicyclic) bond motifs is 1.